The Hall–Kier alpha value is -2.49. The zero-order valence-electron chi connectivity index (χ0n) is 13.6. The Balaban J connectivity index is 1.73. The van der Waals surface area contributed by atoms with Crippen LogP contribution in [0.15, 0.2) is 10.5 Å². The van der Waals surface area contributed by atoms with Gasteiger partial charge in [-0.2, -0.15) is 4.98 Å². The standard InChI is InChI=1S/C15H18FN5O4/c16-10-2-1-3-20(9-10)14-11(21(22)23)8-12-13(17-14)18-15(25-12)19-4-6-24-7-5-19/h8,10H,1-7,9H2. The van der Waals surface area contributed by atoms with E-state index in [0.717, 1.165) is 0 Å². The van der Waals surface area contributed by atoms with Crippen LogP contribution < -0.4 is 9.80 Å². The molecule has 0 saturated carbocycles. The summed E-state index contributed by atoms with van der Waals surface area (Å²) < 4.78 is 24.7. The SMILES string of the molecule is O=[N+]([O-])c1cc2oc(N3CCOCC3)nc2nc1N1CCCC(F)C1. The molecule has 4 rings (SSSR count). The average molecular weight is 351 g/mol. The van der Waals surface area contributed by atoms with E-state index in [-0.39, 0.29) is 23.6 Å². The van der Waals surface area contributed by atoms with Gasteiger partial charge in [0.25, 0.3) is 6.01 Å². The number of aromatic nitrogens is 2. The van der Waals surface area contributed by atoms with Crippen molar-refractivity contribution >= 4 is 28.8 Å². The van der Waals surface area contributed by atoms with Crippen molar-refractivity contribution in [2.75, 3.05) is 49.2 Å². The van der Waals surface area contributed by atoms with Gasteiger partial charge < -0.3 is 19.0 Å². The van der Waals surface area contributed by atoms with Crippen LogP contribution >= 0.6 is 0 Å². The first-order valence-electron chi connectivity index (χ1n) is 8.29. The molecule has 4 heterocycles. The first kappa shape index (κ1) is 16.0. The molecule has 2 aliphatic rings. The molecule has 0 radical (unpaired) electrons. The summed E-state index contributed by atoms with van der Waals surface area (Å²) in [6, 6.07) is 1.70. The van der Waals surface area contributed by atoms with Crippen molar-refractivity contribution < 1.29 is 18.5 Å². The fraction of sp³-hybridized carbons (Fsp3) is 0.600. The molecule has 0 bridgehead atoms. The Morgan fingerprint density at radius 2 is 2.04 bits per heavy atom. The summed E-state index contributed by atoms with van der Waals surface area (Å²) in [4.78, 5) is 23.2. The number of ether oxygens (including phenoxy) is 1. The molecular weight excluding hydrogens is 333 g/mol. The molecule has 0 spiro atoms. The highest BCUT2D eigenvalue weighted by atomic mass is 19.1. The third kappa shape index (κ3) is 3.09. The molecule has 0 amide bonds. The second-order valence-corrected chi connectivity index (χ2v) is 6.19. The summed E-state index contributed by atoms with van der Waals surface area (Å²) in [6.07, 6.45) is 0.0974. The molecule has 2 aliphatic heterocycles. The van der Waals surface area contributed by atoms with Crippen molar-refractivity contribution in [1.82, 2.24) is 9.97 Å². The molecule has 2 aromatic heterocycles. The monoisotopic (exact) mass is 351 g/mol. The van der Waals surface area contributed by atoms with Crippen LogP contribution in [0.5, 0.6) is 0 Å². The molecular formula is C15H18FN5O4. The van der Waals surface area contributed by atoms with Gasteiger partial charge in [-0.05, 0) is 12.8 Å². The van der Waals surface area contributed by atoms with Gasteiger partial charge in [0.1, 0.15) is 6.17 Å². The minimum Gasteiger partial charge on any atom is -0.421 e. The minimum absolute atomic E-state index is 0.105. The van der Waals surface area contributed by atoms with Gasteiger partial charge in [-0.15, -0.1) is 0 Å². The molecule has 2 aromatic rings. The molecule has 0 aliphatic carbocycles. The Kier molecular flexibility index (Phi) is 4.12. The van der Waals surface area contributed by atoms with Gasteiger partial charge in [0, 0.05) is 19.6 Å². The number of anilines is 2. The zero-order chi connectivity index (χ0) is 17.4. The van der Waals surface area contributed by atoms with E-state index in [9.17, 15) is 14.5 Å². The van der Waals surface area contributed by atoms with Gasteiger partial charge in [0.2, 0.25) is 11.5 Å². The number of halogens is 1. The van der Waals surface area contributed by atoms with Gasteiger partial charge in [0.15, 0.2) is 5.58 Å². The van der Waals surface area contributed by atoms with E-state index in [2.05, 4.69) is 9.97 Å². The first-order valence-corrected chi connectivity index (χ1v) is 8.29. The van der Waals surface area contributed by atoms with Crippen molar-refractivity contribution in [3.8, 4) is 0 Å². The topological polar surface area (TPSA) is 97.8 Å². The molecule has 2 fully saturated rings. The number of piperidine rings is 1. The van der Waals surface area contributed by atoms with E-state index in [0.29, 0.717) is 57.4 Å². The molecule has 134 valence electrons. The lowest BCUT2D eigenvalue weighted by Crippen LogP contribution is -2.37. The van der Waals surface area contributed by atoms with E-state index in [1.807, 2.05) is 4.90 Å². The molecule has 0 N–H and O–H groups in total. The van der Waals surface area contributed by atoms with Gasteiger partial charge >= 0.3 is 5.69 Å². The summed E-state index contributed by atoms with van der Waals surface area (Å²) in [5, 5.41) is 11.5. The third-order valence-corrected chi connectivity index (χ3v) is 4.47. The Morgan fingerprint density at radius 3 is 2.76 bits per heavy atom. The number of oxazole rings is 1. The number of nitrogens with zero attached hydrogens (tertiary/aromatic N) is 5. The molecule has 1 atom stereocenters. The van der Waals surface area contributed by atoms with Gasteiger partial charge in [-0.25, -0.2) is 9.37 Å². The average Bonchev–Trinajstić information content (AvgIpc) is 3.04. The Morgan fingerprint density at radius 1 is 1.24 bits per heavy atom. The summed E-state index contributed by atoms with van der Waals surface area (Å²) in [7, 11) is 0. The number of hydrogen-bond acceptors (Lipinski definition) is 8. The van der Waals surface area contributed by atoms with E-state index < -0.39 is 11.1 Å². The van der Waals surface area contributed by atoms with Crippen LogP contribution in [-0.2, 0) is 4.74 Å². The van der Waals surface area contributed by atoms with Crippen LogP contribution in [-0.4, -0.2) is 60.5 Å². The van der Waals surface area contributed by atoms with E-state index in [1.54, 1.807) is 4.90 Å². The van der Waals surface area contributed by atoms with Gasteiger partial charge in [-0.3, -0.25) is 10.1 Å². The lowest BCUT2D eigenvalue weighted by Gasteiger charge is -2.29. The maximum Gasteiger partial charge on any atom is 0.315 e. The fourth-order valence-electron chi connectivity index (χ4n) is 3.21. The number of alkyl halides is 1. The molecule has 9 nitrogen and oxygen atoms in total. The molecule has 2 saturated heterocycles. The number of hydrogen-bond donors (Lipinski definition) is 0. The summed E-state index contributed by atoms with van der Waals surface area (Å²) in [5.41, 5.74) is 0.361. The Bertz CT molecular complexity index is 792. The highest BCUT2D eigenvalue weighted by Gasteiger charge is 2.29. The Labute approximate surface area is 142 Å². The zero-order valence-corrected chi connectivity index (χ0v) is 13.6. The van der Waals surface area contributed by atoms with E-state index >= 15 is 0 Å². The molecule has 10 heteroatoms. The maximum absolute atomic E-state index is 13.7. The van der Waals surface area contributed by atoms with Crippen LogP contribution in [0, 0.1) is 10.1 Å². The molecule has 25 heavy (non-hydrogen) atoms. The van der Waals surface area contributed by atoms with Crippen molar-refractivity contribution in [2.45, 2.75) is 19.0 Å². The second kappa shape index (κ2) is 6.43. The predicted octanol–water partition coefficient (Wildman–Crippen LogP) is 1.91. The largest absolute Gasteiger partial charge is 0.421 e. The molecule has 1 unspecified atom stereocenters. The van der Waals surface area contributed by atoms with Crippen LogP contribution in [0.25, 0.3) is 11.2 Å². The fourth-order valence-corrected chi connectivity index (χ4v) is 3.21. The van der Waals surface area contributed by atoms with Crippen molar-refractivity contribution in [3.05, 3.63) is 16.2 Å². The summed E-state index contributed by atoms with van der Waals surface area (Å²) in [6.45, 7) is 3.06. The van der Waals surface area contributed by atoms with Gasteiger partial charge in [0.05, 0.1) is 30.7 Å². The molecule has 0 aromatic carbocycles. The minimum atomic E-state index is -1.01. The quantitative estimate of drug-likeness (QED) is 0.611. The lowest BCUT2D eigenvalue weighted by atomic mass is 10.1. The van der Waals surface area contributed by atoms with Crippen molar-refractivity contribution in [1.29, 1.82) is 0 Å². The summed E-state index contributed by atoms with van der Waals surface area (Å²) >= 11 is 0. The number of rotatable bonds is 3. The highest BCUT2D eigenvalue weighted by Crippen LogP contribution is 2.33. The van der Waals surface area contributed by atoms with Gasteiger partial charge in [-0.1, -0.05) is 0 Å². The van der Waals surface area contributed by atoms with E-state index in [4.69, 9.17) is 9.15 Å². The number of morpholine rings is 1. The third-order valence-electron chi connectivity index (χ3n) is 4.47. The smallest absolute Gasteiger partial charge is 0.315 e. The van der Waals surface area contributed by atoms with Crippen LogP contribution in [0.1, 0.15) is 12.8 Å². The summed E-state index contributed by atoms with van der Waals surface area (Å²) in [5.74, 6) is 0.154. The van der Waals surface area contributed by atoms with E-state index in [1.165, 1.54) is 6.07 Å². The predicted molar refractivity (Wildman–Crippen MR) is 87.8 cm³/mol. The number of pyridine rings is 1. The van der Waals surface area contributed by atoms with Crippen molar-refractivity contribution in [3.63, 3.8) is 0 Å². The number of fused-ring (bicyclic) bond motifs is 1. The highest BCUT2D eigenvalue weighted by molar-refractivity contribution is 5.78. The maximum atomic E-state index is 13.7. The van der Waals surface area contributed by atoms with Crippen LogP contribution in [0.3, 0.4) is 0 Å². The van der Waals surface area contributed by atoms with Crippen LogP contribution in [0.2, 0.25) is 0 Å². The van der Waals surface area contributed by atoms with Crippen molar-refractivity contribution in [2.24, 2.45) is 0 Å². The van der Waals surface area contributed by atoms with Crippen LogP contribution in [0.4, 0.5) is 21.9 Å². The lowest BCUT2D eigenvalue weighted by molar-refractivity contribution is -0.384. The second-order valence-electron chi connectivity index (χ2n) is 6.19. The normalized spacial score (nSPS) is 21.7. The first-order chi connectivity index (χ1) is 12.1. The number of nitro groups is 1.